The number of rotatable bonds is 2. The molecular weight excluding hydrogens is 256 g/mol. The molecule has 1 aliphatic heterocycles. The molecule has 5 heteroatoms. The van der Waals surface area contributed by atoms with Crippen molar-refractivity contribution in [1.29, 1.82) is 0 Å². The molecule has 1 aliphatic carbocycles. The summed E-state index contributed by atoms with van der Waals surface area (Å²) in [5.74, 6) is 1.04. The second-order valence-electron chi connectivity index (χ2n) is 6.49. The Bertz CT molecular complexity index is 486. The number of hydrogen-bond acceptors (Lipinski definition) is 3. The highest BCUT2D eigenvalue weighted by Gasteiger charge is 2.37. The van der Waals surface area contributed by atoms with Gasteiger partial charge in [-0.2, -0.15) is 0 Å². The van der Waals surface area contributed by atoms with Crippen molar-refractivity contribution in [3.63, 3.8) is 0 Å². The fraction of sp³-hybridized carbons (Fsp3) is 0.857. The summed E-state index contributed by atoms with van der Waals surface area (Å²) in [6.45, 7) is 6.59. The second kappa shape index (κ2) is 4.93. The SMILES string of the molecule is CC(C)n1c(N2CCC3(CCCC3)CC2)n[nH]c1=S. The lowest BCUT2D eigenvalue weighted by molar-refractivity contribution is 0.224. The van der Waals surface area contributed by atoms with Gasteiger partial charge in [0.15, 0.2) is 4.77 Å². The number of nitrogens with one attached hydrogen (secondary N) is 1. The van der Waals surface area contributed by atoms with Gasteiger partial charge in [-0.25, -0.2) is 5.10 Å². The Hall–Kier alpha value is -0.840. The van der Waals surface area contributed by atoms with Crippen LogP contribution >= 0.6 is 12.2 Å². The normalized spacial score (nSPS) is 22.6. The smallest absolute Gasteiger partial charge is 0.225 e. The van der Waals surface area contributed by atoms with Crippen LogP contribution < -0.4 is 4.90 Å². The number of hydrogen-bond donors (Lipinski definition) is 1. The van der Waals surface area contributed by atoms with Crippen LogP contribution in [0.25, 0.3) is 0 Å². The Morgan fingerprint density at radius 2 is 1.79 bits per heavy atom. The molecule has 0 aromatic carbocycles. The average molecular weight is 280 g/mol. The van der Waals surface area contributed by atoms with E-state index in [4.69, 9.17) is 12.2 Å². The van der Waals surface area contributed by atoms with Crippen LogP contribution in [0.3, 0.4) is 0 Å². The van der Waals surface area contributed by atoms with Gasteiger partial charge in [0.05, 0.1) is 0 Å². The Balaban J connectivity index is 1.77. The molecule has 3 rings (SSSR count). The molecule has 0 amide bonds. The summed E-state index contributed by atoms with van der Waals surface area (Å²) >= 11 is 5.34. The molecule has 2 heterocycles. The lowest BCUT2D eigenvalue weighted by Gasteiger charge is -2.39. The molecule has 1 saturated carbocycles. The molecule has 0 unspecified atom stereocenters. The first kappa shape index (κ1) is 13.2. The van der Waals surface area contributed by atoms with Crippen LogP contribution in [-0.4, -0.2) is 27.9 Å². The van der Waals surface area contributed by atoms with E-state index in [9.17, 15) is 0 Å². The maximum Gasteiger partial charge on any atom is 0.225 e. The first-order chi connectivity index (χ1) is 9.11. The van der Waals surface area contributed by atoms with Crippen molar-refractivity contribution in [3.8, 4) is 0 Å². The van der Waals surface area contributed by atoms with Gasteiger partial charge >= 0.3 is 0 Å². The zero-order valence-corrected chi connectivity index (χ0v) is 12.8. The van der Waals surface area contributed by atoms with Crippen LogP contribution in [0.15, 0.2) is 0 Å². The Kier molecular flexibility index (Phi) is 3.41. The first-order valence-electron chi connectivity index (χ1n) is 7.53. The standard InChI is InChI=1S/C14H24N4S/c1-11(2)18-12(15-16-13(18)19)17-9-7-14(8-10-17)5-3-4-6-14/h11H,3-10H2,1-2H3,(H,16,19). The van der Waals surface area contributed by atoms with Crippen molar-refractivity contribution < 1.29 is 0 Å². The van der Waals surface area contributed by atoms with Crippen LogP contribution in [0.4, 0.5) is 5.95 Å². The van der Waals surface area contributed by atoms with Gasteiger partial charge in [-0.3, -0.25) is 4.57 Å². The summed E-state index contributed by atoms with van der Waals surface area (Å²) in [4.78, 5) is 2.41. The molecule has 106 valence electrons. The minimum atomic E-state index is 0.364. The van der Waals surface area contributed by atoms with Gasteiger partial charge in [-0.05, 0) is 57.2 Å². The fourth-order valence-corrected chi connectivity index (χ4v) is 4.13. The highest BCUT2D eigenvalue weighted by atomic mass is 32.1. The Morgan fingerprint density at radius 3 is 2.37 bits per heavy atom. The number of H-pyrrole nitrogens is 1. The van der Waals surface area contributed by atoms with Gasteiger partial charge in [0.2, 0.25) is 5.95 Å². The van der Waals surface area contributed by atoms with Gasteiger partial charge in [0, 0.05) is 19.1 Å². The quantitative estimate of drug-likeness (QED) is 0.840. The summed E-state index contributed by atoms with van der Waals surface area (Å²) < 4.78 is 2.88. The molecule has 19 heavy (non-hydrogen) atoms. The van der Waals surface area contributed by atoms with Gasteiger partial charge in [-0.15, -0.1) is 5.10 Å². The molecule has 1 aromatic rings. The Morgan fingerprint density at radius 1 is 1.16 bits per heavy atom. The predicted molar refractivity (Wildman–Crippen MR) is 80.1 cm³/mol. The molecule has 2 aliphatic rings. The lowest BCUT2D eigenvalue weighted by Crippen LogP contribution is -2.40. The third-order valence-corrected chi connectivity index (χ3v) is 5.26. The lowest BCUT2D eigenvalue weighted by atomic mass is 9.77. The van der Waals surface area contributed by atoms with Gasteiger partial charge in [-0.1, -0.05) is 12.8 Å². The van der Waals surface area contributed by atoms with E-state index in [0.717, 1.165) is 23.8 Å². The summed E-state index contributed by atoms with van der Waals surface area (Å²) in [5.41, 5.74) is 0.659. The highest BCUT2D eigenvalue weighted by Crippen LogP contribution is 2.46. The van der Waals surface area contributed by atoms with E-state index in [1.54, 1.807) is 0 Å². The fourth-order valence-electron chi connectivity index (χ4n) is 3.79. The van der Waals surface area contributed by atoms with Crippen molar-refractivity contribution >= 4 is 18.2 Å². The summed E-state index contributed by atoms with van der Waals surface area (Å²) in [7, 11) is 0. The second-order valence-corrected chi connectivity index (χ2v) is 6.87. The topological polar surface area (TPSA) is 36.9 Å². The monoisotopic (exact) mass is 280 g/mol. The van der Waals surface area contributed by atoms with Crippen LogP contribution in [0.2, 0.25) is 0 Å². The van der Waals surface area contributed by atoms with Crippen molar-refractivity contribution in [3.05, 3.63) is 4.77 Å². The summed E-state index contributed by atoms with van der Waals surface area (Å²) in [6.07, 6.45) is 8.40. The van der Waals surface area contributed by atoms with Crippen LogP contribution in [0.1, 0.15) is 58.4 Å². The van der Waals surface area contributed by atoms with E-state index in [2.05, 4.69) is 33.5 Å². The molecule has 0 bridgehead atoms. The van der Waals surface area contributed by atoms with Gasteiger partial charge in [0.25, 0.3) is 0 Å². The van der Waals surface area contributed by atoms with E-state index in [1.165, 1.54) is 38.5 Å². The summed E-state index contributed by atoms with van der Waals surface area (Å²) in [6, 6.07) is 0.364. The minimum absolute atomic E-state index is 0.364. The summed E-state index contributed by atoms with van der Waals surface area (Å²) in [5, 5.41) is 7.40. The van der Waals surface area contributed by atoms with Crippen LogP contribution in [0.5, 0.6) is 0 Å². The van der Waals surface area contributed by atoms with E-state index in [-0.39, 0.29) is 0 Å². The zero-order valence-electron chi connectivity index (χ0n) is 12.0. The van der Waals surface area contributed by atoms with E-state index >= 15 is 0 Å². The largest absolute Gasteiger partial charge is 0.341 e. The first-order valence-corrected chi connectivity index (χ1v) is 7.94. The van der Waals surface area contributed by atoms with Crippen molar-refractivity contribution in [1.82, 2.24) is 14.8 Å². The maximum absolute atomic E-state index is 5.34. The van der Waals surface area contributed by atoms with Gasteiger partial charge in [0.1, 0.15) is 0 Å². The molecule has 2 fully saturated rings. The number of aromatic amines is 1. The maximum atomic E-state index is 5.34. The van der Waals surface area contributed by atoms with Crippen LogP contribution in [-0.2, 0) is 0 Å². The van der Waals surface area contributed by atoms with Crippen molar-refractivity contribution in [2.45, 2.75) is 58.4 Å². The zero-order chi connectivity index (χ0) is 13.5. The molecular formula is C14H24N4S. The predicted octanol–water partition coefficient (Wildman–Crippen LogP) is 3.68. The minimum Gasteiger partial charge on any atom is -0.341 e. The number of piperidine rings is 1. The van der Waals surface area contributed by atoms with Gasteiger partial charge < -0.3 is 4.90 Å². The molecule has 1 aromatic heterocycles. The molecule has 1 N–H and O–H groups in total. The van der Waals surface area contributed by atoms with Crippen LogP contribution in [0, 0.1) is 10.2 Å². The number of aromatic nitrogens is 3. The van der Waals surface area contributed by atoms with E-state index < -0.39 is 0 Å². The number of anilines is 1. The number of nitrogens with zero attached hydrogens (tertiary/aromatic N) is 3. The Labute approximate surface area is 120 Å². The third kappa shape index (κ3) is 2.33. The molecule has 1 saturated heterocycles. The molecule has 1 spiro atoms. The highest BCUT2D eigenvalue weighted by molar-refractivity contribution is 7.71. The molecule has 0 atom stereocenters. The molecule has 4 nitrogen and oxygen atoms in total. The average Bonchev–Trinajstić information content (AvgIpc) is 2.98. The molecule has 0 radical (unpaired) electrons. The van der Waals surface area contributed by atoms with Crippen molar-refractivity contribution in [2.75, 3.05) is 18.0 Å². The van der Waals surface area contributed by atoms with E-state index in [0.29, 0.717) is 11.5 Å². The van der Waals surface area contributed by atoms with E-state index in [1.807, 2.05) is 0 Å². The third-order valence-electron chi connectivity index (χ3n) is 4.97. The van der Waals surface area contributed by atoms with Crippen molar-refractivity contribution in [2.24, 2.45) is 5.41 Å².